The van der Waals surface area contributed by atoms with Gasteiger partial charge in [0.05, 0.1) is 0 Å². The van der Waals surface area contributed by atoms with Gasteiger partial charge >= 0.3 is 6.09 Å². The van der Waals surface area contributed by atoms with Crippen LogP contribution in [0.2, 0.25) is 0 Å². The molecular formula is C15H23NO3. The first kappa shape index (κ1) is 15.5. The smallest absolute Gasteiger partial charge is 0.414 e. The van der Waals surface area contributed by atoms with Gasteiger partial charge in [-0.25, -0.2) is 4.79 Å². The number of ether oxygens (including phenoxy) is 1. The second kappa shape index (κ2) is 6.04. The molecule has 106 valence electrons. The quantitative estimate of drug-likeness (QED) is 0.785. The van der Waals surface area contributed by atoms with Gasteiger partial charge in [-0.05, 0) is 27.2 Å². The van der Waals surface area contributed by atoms with Crippen LogP contribution in [0.15, 0.2) is 23.9 Å². The molecule has 1 heterocycles. The summed E-state index contributed by atoms with van der Waals surface area (Å²) in [7, 11) is 0. The number of hydrogen-bond acceptors (Lipinski definition) is 3. The zero-order valence-electron chi connectivity index (χ0n) is 12.3. The summed E-state index contributed by atoms with van der Waals surface area (Å²) in [5.41, 5.74) is 0.756. The molecule has 0 spiro atoms. The van der Waals surface area contributed by atoms with Crippen molar-refractivity contribution in [2.75, 3.05) is 6.54 Å². The highest BCUT2D eigenvalue weighted by molar-refractivity contribution is 6.00. The number of ketones is 1. The monoisotopic (exact) mass is 265 g/mol. The molecule has 19 heavy (non-hydrogen) atoms. The standard InChI is InChI=1S/C15H23NO3/c1-6-8-12-11(7-2)13(17)9-10-16(12)14(18)19-15(3,4)5/h7H,2,6,8-10H2,1,3-5H3. The number of amides is 1. The van der Waals surface area contributed by atoms with Crippen LogP contribution in [-0.2, 0) is 9.53 Å². The first-order valence-electron chi connectivity index (χ1n) is 6.69. The summed E-state index contributed by atoms with van der Waals surface area (Å²) in [6.07, 6.45) is 3.02. The molecule has 0 aromatic heterocycles. The summed E-state index contributed by atoms with van der Waals surface area (Å²) >= 11 is 0. The van der Waals surface area contributed by atoms with Crippen molar-refractivity contribution >= 4 is 11.9 Å². The van der Waals surface area contributed by atoms with Crippen molar-refractivity contribution in [2.24, 2.45) is 0 Å². The minimum atomic E-state index is -0.537. The summed E-state index contributed by atoms with van der Waals surface area (Å²) < 4.78 is 5.39. The Labute approximate surface area is 115 Å². The number of carbonyl (C=O) groups is 2. The lowest BCUT2D eigenvalue weighted by atomic mass is 9.98. The van der Waals surface area contributed by atoms with E-state index in [0.29, 0.717) is 25.0 Å². The fourth-order valence-electron chi connectivity index (χ4n) is 2.05. The number of nitrogens with zero attached hydrogens (tertiary/aromatic N) is 1. The fraction of sp³-hybridized carbons (Fsp3) is 0.600. The molecule has 0 radical (unpaired) electrons. The molecule has 0 atom stereocenters. The van der Waals surface area contributed by atoms with E-state index in [1.165, 1.54) is 0 Å². The van der Waals surface area contributed by atoms with E-state index in [0.717, 1.165) is 12.1 Å². The van der Waals surface area contributed by atoms with Crippen molar-refractivity contribution in [3.63, 3.8) is 0 Å². The van der Waals surface area contributed by atoms with Crippen LogP contribution >= 0.6 is 0 Å². The number of rotatable bonds is 3. The molecule has 0 unspecified atom stereocenters. The van der Waals surface area contributed by atoms with Gasteiger partial charge in [0.15, 0.2) is 5.78 Å². The lowest BCUT2D eigenvalue weighted by Crippen LogP contribution is -2.40. The minimum Gasteiger partial charge on any atom is -0.443 e. The number of carbonyl (C=O) groups excluding carboxylic acids is 2. The van der Waals surface area contributed by atoms with Gasteiger partial charge in [0, 0.05) is 24.2 Å². The largest absolute Gasteiger partial charge is 0.443 e. The normalized spacial score (nSPS) is 16.6. The Morgan fingerprint density at radius 2 is 2.11 bits per heavy atom. The van der Waals surface area contributed by atoms with E-state index in [4.69, 9.17) is 4.74 Å². The predicted molar refractivity (Wildman–Crippen MR) is 74.7 cm³/mol. The molecule has 0 fully saturated rings. The van der Waals surface area contributed by atoms with E-state index in [1.807, 2.05) is 27.7 Å². The maximum atomic E-state index is 12.2. The molecular weight excluding hydrogens is 242 g/mol. The SMILES string of the molecule is C=CC1=C(CCC)N(C(=O)OC(C)(C)C)CCC1=O. The highest BCUT2D eigenvalue weighted by Gasteiger charge is 2.31. The molecule has 0 aromatic carbocycles. The van der Waals surface area contributed by atoms with Crippen LogP contribution in [0.1, 0.15) is 47.0 Å². The third-order valence-corrected chi connectivity index (χ3v) is 2.80. The van der Waals surface area contributed by atoms with Gasteiger partial charge in [-0.3, -0.25) is 9.69 Å². The zero-order chi connectivity index (χ0) is 14.6. The Hall–Kier alpha value is -1.58. The Kier molecular flexibility index (Phi) is 4.92. The van der Waals surface area contributed by atoms with Gasteiger partial charge in [0.2, 0.25) is 0 Å². The molecule has 1 rings (SSSR count). The topological polar surface area (TPSA) is 46.6 Å². The lowest BCUT2D eigenvalue weighted by Gasteiger charge is -2.32. The fourth-order valence-corrected chi connectivity index (χ4v) is 2.05. The molecule has 1 aliphatic rings. The van der Waals surface area contributed by atoms with Crippen LogP contribution in [0.3, 0.4) is 0 Å². The molecule has 1 amide bonds. The van der Waals surface area contributed by atoms with E-state index in [-0.39, 0.29) is 11.9 Å². The molecule has 0 saturated heterocycles. The molecule has 0 aromatic rings. The van der Waals surface area contributed by atoms with Gasteiger partial charge in [-0.2, -0.15) is 0 Å². The maximum Gasteiger partial charge on any atom is 0.414 e. The molecule has 0 aliphatic carbocycles. The van der Waals surface area contributed by atoms with E-state index >= 15 is 0 Å². The van der Waals surface area contributed by atoms with Crippen molar-refractivity contribution in [3.8, 4) is 0 Å². The molecule has 4 heteroatoms. The highest BCUT2D eigenvalue weighted by atomic mass is 16.6. The van der Waals surface area contributed by atoms with Crippen LogP contribution in [-0.4, -0.2) is 28.9 Å². The minimum absolute atomic E-state index is 0.0539. The Bertz CT molecular complexity index is 416. The number of Topliss-reactive ketones (excluding diaryl/α,β-unsaturated/α-hetero) is 1. The van der Waals surface area contributed by atoms with Gasteiger partial charge in [0.25, 0.3) is 0 Å². The van der Waals surface area contributed by atoms with Gasteiger partial charge in [-0.1, -0.05) is 26.0 Å². The van der Waals surface area contributed by atoms with E-state index in [2.05, 4.69) is 6.58 Å². The van der Waals surface area contributed by atoms with E-state index in [9.17, 15) is 9.59 Å². The average molecular weight is 265 g/mol. The lowest BCUT2D eigenvalue weighted by molar-refractivity contribution is -0.116. The zero-order valence-corrected chi connectivity index (χ0v) is 12.3. The maximum absolute atomic E-state index is 12.2. The van der Waals surface area contributed by atoms with Crippen LogP contribution in [0.5, 0.6) is 0 Å². The second-order valence-corrected chi connectivity index (χ2v) is 5.62. The van der Waals surface area contributed by atoms with Gasteiger partial charge < -0.3 is 4.74 Å². The van der Waals surface area contributed by atoms with Crippen LogP contribution in [0, 0.1) is 0 Å². The molecule has 0 bridgehead atoms. The summed E-state index contributed by atoms with van der Waals surface area (Å²) in [4.78, 5) is 25.6. The Balaban J connectivity index is 3.05. The average Bonchev–Trinajstić information content (AvgIpc) is 2.27. The number of hydrogen-bond donors (Lipinski definition) is 0. The van der Waals surface area contributed by atoms with Crippen molar-refractivity contribution in [1.82, 2.24) is 4.90 Å². The highest BCUT2D eigenvalue weighted by Crippen LogP contribution is 2.26. The predicted octanol–water partition coefficient (Wildman–Crippen LogP) is 3.44. The molecule has 4 nitrogen and oxygen atoms in total. The van der Waals surface area contributed by atoms with Crippen molar-refractivity contribution < 1.29 is 14.3 Å². The first-order chi connectivity index (χ1) is 8.80. The van der Waals surface area contributed by atoms with Crippen molar-refractivity contribution in [2.45, 2.75) is 52.6 Å². The molecule has 1 aliphatic heterocycles. The Morgan fingerprint density at radius 1 is 1.47 bits per heavy atom. The van der Waals surface area contributed by atoms with Gasteiger partial charge in [-0.15, -0.1) is 0 Å². The van der Waals surface area contributed by atoms with Crippen LogP contribution < -0.4 is 0 Å². The van der Waals surface area contributed by atoms with E-state index in [1.54, 1.807) is 11.0 Å². The molecule has 0 N–H and O–H groups in total. The second-order valence-electron chi connectivity index (χ2n) is 5.62. The summed E-state index contributed by atoms with van der Waals surface area (Å²) in [6, 6.07) is 0. The first-order valence-corrected chi connectivity index (χ1v) is 6.69. The van der Waals surface area contributed by atoms with Crippen molar-refractivity contribution in [1.29, 1.82) is 0 Å². The van der Waals surface area contributed by atoms with Gasteiger partial charge in [0.1, 0.15) is 5.60 Å². The third-order valence-electron chi connectivity index (χ3n) is 2.80. The Morgan fingerprint density at radius 3 is 2.58 bits per heavy atom. The van der Waals surface area contributed by atoms with E-state index < -0.39 is 5.60 Å². The number of allylic oxidation sites excluding steroid dienone is 3. The summed E-state index contributed by atoms with van der Waals surface area (Å²) in [6.45, 7) is 11.6. The summed E-state index contributed by atoms with van der Waals surface area (Å²) in [5.74, 6) is 0.0539. The van der Waals surface area contributed by atoms with Crippen LogP contribution in [0.25, 0.3) is 0 Å². The molecule has 0 saturated carbocycles. The van der Waals surface area contributed by atoms with Crippen LogP contribution in [0.4, 0.5) is 4.79 Å². The van der Waals surface area contributed by atoms with Crippen molar-refractivity contribution in [3.05, 3.63) is 23.9 Å². The summed E-state index contributed by atoms with van der Waals surface area (Å²) in [5, 5.41) is 0. The third kappa shape index (κ3) is 3.94.